The molecule has 0 aromatic carbocycles. The van der Waals surface area contributed by atoms with E-state index in [2.05, 4.69) is 0 Å². The highest BCUT2D eigenvalue weighted by Gasteiger charge is 2.46. The first-order valence-corrected chi connectivity index (χ1v) is 4.11. The zero-order chi connectivity index (χ0) is 12.3. The van der Waals surface area contributed by atoms with E-state index in [1.165, 1.54) is 0 Å². The maximum absolute atomic E-state index is 12.1. The van der Waals surface area contributed by atoms with Crippen LogP contribution in [-0.4, -0.2) is 38.5 Å². The third-order valence-electron chi connectivity index (χ3n) is 1.96. The van der Waals surface area contributed by atoms with Crippen LogP contribution in [0.15, 0.2) is 0 Å². The number of hydrogen-bond donors (Lipinski definition) is 2. The SMILES string of the molecule is CNC(CC(NC)C(F)(F)F)C(F)(F)F. The van der Waals surface area contributed by atoms with Crippen LogP contribution in [-0.2, 0) is 0 Å². The molecule has 0 aromatic rings. The molecule has 0 aliphatic carbocycles. The summed E-state index contributed by atoms with van der Waals surface area (Å²) in [6.45, 7) is 0. The van der Waals surface area contributed by atoms with Gasteiger partial charge in [-0.25, -0.2) is 0 Å². The quantitative estimate of drug-likeness (QED) is 0.728. The summed E-state index contributed by atoms with van der Waals surface area (Å²) in [6.07, 6.45) is -10.5. The van der Waals surface area contributed by atoms with E-state index in [-0.39, 0.29) is 0 Å². The first-order valence-electron chi connectivity index (χ1n) is 4.11. The van der Waals surface area contributed by atoms with Gasteiger partial charge in [0, 0.05) is 0 Å². The van der Waals surface area contributed by atoms with Gasteiger partial charge in [0.1, 0.15) is 12.1 Å². The summed E-state index contributed by atoms with van der Waals surface area (Å²) in [5.41, 5.74) is 0. The molecule has 0 saturated heterocycles. The summed E-state index contributed by atoms with van der Waals surface area (Å²) in [7, 11) is 1.95. The number of nitrogens with one attached hydrogen (secondary N) is 2. The monoisotopic (exact) mass is 238 g/mol. The Morgan fingerprint density at radius 1 is 0.800 bits per heavy atom. The summed E-state index contributed by atoms with van der Waals surface area (Å²) in [5.74, 6) is 0. The minimum Gasteiger partial charge on any atom is -0.309 e. The average Bonchev–Trinajstić information content (AvgIpc) is 2.01. The van der Waals surface area contributed by atoms with Crippen molar-refractivity contribution in [2.24, 2.45) is 0 Å². The van der Waals surface area contributed by atoms with Gasteiger partial charge in [0.05, 0.1) is 0 Å². The highest BCUT2D eigenvalue weighted by molar-refractivity contribution is 4.83. The molecule has 0 spiro atoms. The zero-order valence-electron chi connectivity index (χ0n) is 8.13. The van der Waals surface area contributed by atoms with Gasteiger partial charge in [-0.05, 0) is 20.5 Å². The Balaban J connectivity index is 4.52. The Morgan fingerprint density at radius 2 is 1.07 bits per heavy atom. The molecule has 0 amide bonds. The molecule has 0 aromatic heterocycles. The fourth-order valence-electron chi connectivity index (χ4n) is 1.07. The van der Waals surface area contributed by atoms with Crippen LogP contribution in [0.2, 0.25) is 0 Å². The minimum atomic E-state index is -4.69. The molecule has 0 saturated carbocycles. The fourth-order valence-corrected chi connectivity index (χ4v) is 1.07. The van der Waals surface area contributed by atoms with Gasteiger partial charge in [-0.1, -0.05) is 0 Å². The lowest BCUT2D eigenvalue weighted by atomic mass is 10.1. The molecule has 0 bridgehead atoms. The van der Waals surface area contributed by atoms with E-state index in [9.17, 15) is 26.3 Å². The third-order valence-corrected chi connectivity index (χ3v) is 1.96. The molecule has 2 nitrogen and oxygen atoms in total. The van der Waals surface area contributed by atoms with E-state index in [4.69, 9.17) is 0 Å². The van der Waals surface area contributed by atoms with Crippen molar-refractivity contribution in [2.75, 3.05) is 14.1 Å². The molecular formula is C7H12F6N2. The molecule has 0 rings (SSSR count). The number of hydrogen-bond acceptors (Lipinski definition) is 2. The van der Waals surface area contributed by atoms with E-state index in [0.717, 1.165) is 14.1 Å². The molecule has 8 heteroatoms. The maximum Gasteiger partial charge on any atom is 0.403 e. The van der Waals surface area contributed by atoms with Crippen molar-refractivity contribution in [1.29, 1.82) is 0 Å². The van der Waals surface area contributed by atoms with E-state index in [0.29, 0.717) is 0 Å². The van der Waals surface area contributed by atoms with Crippen molar-refractivity contribution >= 4 is 0 Å². The predicted molar refractivity (Wildman–Crippen MR) is 42.4 cm³/mol. The summed E-state index contributed by atoms with van der Waals surface area (Å²) >= 11 is 0. The Morgan fingerprint density at radius 3 is 1.20 bits per heavy atom. The second-order valence-corrected chi connectivity index (χ2v) is 3.00. The van der Waals surface area contributed by atoms with Crippen LogP contribution in [0.25, 0.3) is 0 Å². The van der Waals surface area contributed by atoms with Gasteiger partial charge < -0.3 is 10.6 Å². The van der Waals surface area contributed by atoms with Gasteiger partial charge in [0.15, 0.2) is 0 Å². The normalized spacial score (nSPS) is 17.6. The summed E-state index contributed by atoms with van der Waals surface area (Å²) in [4.78, 5) is 0. The summed E-state index contributed by atoms with van der Waals surface area (Å²) in [5, 5.41) is 3.63. The van der Waals surface area contributed by atoms with E-state index < -0.39 is 30.9 Å². The highest BCUT2D eigenvalue weighted by atomic mass is 19.4. The molecule has 2 atom stereocenters. The largest absolute Gasteiger partial charge is 0.403 e. The van der Waals surface area contributed by atoms with E-state index in [1.807, 2.05) is 10.6 Å². The van der Waals surface area contributed by atoms with Crippen LogP contribution in [0, 0.1) is 0 Å². The Bertz CT molecular complexity index is 167. The lowest BCUT2D eigenvalue weighted by Gasteiger charge is -2.26. The molecule has 2 unspecified atom stereocenters. The smallest absolute Gasteiger partial charge is 0.309 e. The standard InChI is InChI=1S/C7H12F6N2/c1-14-4(6(8,9)10)3-5(15-2)7(11,12)13/h4-5,14-15H,3H2,1-2H3. The van der Waals surface area contributed by atoms with E-state index in [1.54, 1.807) is 0 Å². The molecule has 0 radical (unpaired) electrons. The van der Waals surface area contributed by atoms with Crippen LogP contribution in [0.3, 0.4) is 0 Å². The first kappa shape index (κ1) is 14.5. The molecule has 0 aliphatic rings. The maximum atomic E-state index is 12.1. The Labute approximate surface area is 83.0 Å². The topological polar surface area (TPSA) is 24.1 Å². The second kappa shape index (κ2) is 5.02. The average molecular weight is 238 g/mol. The molecule has 15 heavy (non-hydrogen) atoms. The van der Waals surface area contributed by atoms with Crippen molar-refractivity contribution in [3.8, 4) is 0 Å². The minimum absolute atomic E-state index is 0.973. The summed E-state index contributed by atoms with van der Waals surface area (Å²) in [6, 6.07) is -4.34. The highest BCUT2D eigenvalue weighted by Crippen LogP contribution is 2.29. The van der Waals surface area contributed by atoms with E-state index >= 15 is 0 Å². The third kappa shape index (κ3) is 4.70. The number of halogens is 6. The lowest BCUT2D eigenvalue weighted by Crippen LogP contribution is -2.49. The second-order valence-electron chi connectivity index (χ2n) is 3.00. The van der Waals surface area contributed by atoms with Gasteiger partial charge in [-0.3, -0.25) is 0 Å². The number of alkyl halides is 6. The van der Waals surface area contributed by atoms with Gasteiger partial charge in [0.2, 0.25) is 0 Å². The molecular weight excluding hydrogens is 226 g/mol. The molecule has 0 fully saturated rings. The van der Waals surface area contributed by atoms with Crippen molar-refractivity contribution < 1.29 is 26.3 Å². The van der Waals surface area contributed by atoms with Crippen molar-refractivity contribution in [3.63, 3.8) is 0 Å². The molecule has 92 valence electrons. The van der Waals surface area contributed by atoms with Crippen LogP contribution < -0.4 is 10.6 Å². The Kier molecular flexibility index (Phi) is 4.85. The van der Waals surface area contributed by atoms with Crippen LogP contribution in [0.5, 0.6) is 0 Å². The predicted octanol–water partition coefficient (Wildman–Crippen LogP) is 1.68. The molecule has 0 aliphatic heterocycles. The van der Waals surface area contributed by atoms with Crippen molar-refractivity contribution in [2.45, 2.75) is 30.9 Å². The van der Waals surface area contributed by atoms with Gasteiger partial charge in [0.25, 0.3) is 0 Å². The Hall–Kier alpha value is -0.500. The van der Waals surface area contributed by atoms with Crippen LogP contribution >= 0.6 is 0 Å². The molecule has 0 heterocycles. The van der Waals surface area contributed by atoms with Gasteiger partial charge in [-0.15, -0.1) is 0 Å². The van der Waals surface area contributed by atoms with Gasteiger partial charge in [-0.2, -0.15) is 26.3 Å². The first-order chi connectivity index (χ1) is 6.62. The molecule has 2 N–H and O–H groups in total. The van der Waals surface area contributed by atoms with Crippen molar-refractivity contribution in [1.82, 2.24) is 10.6 Å². The van der Waals surface area contributed by atoms with Crippen molar-refractivity contribution in [3.05, 3.63) is 0 Å². The summed E-state index contributed by atoms with van der Waals surface area (Å²) < 4.78 is 72.9. The zero-order valence-corrected chi connectivity index (χ0v) is 8.13. The number of rotatable bonds is 4. The lowest BCUT2D eigenvalue weighted by molar-refractivity contribution is -0.183. The van der Waals surface area contributed by atoms with Crippen LogP contribution in [0.4, 0.5) is 26.3 Å². The van der Waals surface area contributed by atoms with Crippen LogP contribution in [0.1, 0.15) is 6.42 Å². The fraction of sp³-hybridized carbons (Fsp3) is 1.00. The van der Waals surface area contributed by atoms with Gasteiger partial charge >= 0.3 is 12.4 Å².